The van der Waals surface area contributed by atoms with E-state index < -0.39 is 0 Å². The lowest BCUT2D eigenvalue weighted by atomic mass is 10.1. The van der Waals surface area contributed by atoms with Crippen LogP contribution in [-0.4, -0.2) is 34.6 Å². The predicted molar refractivity (Wildman–Crippen MR) is 109 cm³/mol. The number of amides is 1. The van der Waals surface area contributed by atoms with Crippen molar-refractivity contribution in [1.29, 1.82) is 0 Å². The Morgan fingerprint density at radius 1 is 1.14 bits per heavy atom. The Labute approximate surface area is 170 Å². The van der Waals surface area contributed by atoms with Crippen molar-refractivity contribution in [1.82, 2.24) is 15.0 Å². The molecule has 29 heavy (non-hydrogen) atoms. The number of methoxy groups -OCH3 is 1. The second-order valence-corrected chi connectivity index (χ2v) is 7.50. The molecule has 1 atom stereocenters. The first-order valence-corrected chi connectivity index (χ1v) is 9.90. The first-order valence-electron chi connectivity index (χ1n) is 9.90. The minimum atomic E-state index is -0.00925. The van der Waals surface area contributed by atoms with E-state index in [0.717, 1.165) is 12.2 Å². The van der Waals surface area contributed by atoms with Gasteiger partial charge in [0.15, 0.2) is 5.82 Å². The van der Waals surface area contributed by atoms with Crippen LogP contribution in [0.5, 0.6) is 5.75 Å². The number of aryl methyl sites for hydroxylation is 3. The highest BCUT2D eigenvalue weighted by molar-refractivity contribution is 5.79. The van der Waals surface area contributed by atoms with Crippen molar-refractivity contribution < 1.29 is 14.1 Å². The SMILES string of the molecule is COc1ccc(CCc2nc(C3CC(=O)N(Cc4ccccc4C)C3)no2)cc1. The van der Waals surface area contributed by atoms with Gasteiger partial charge in [0.25, 0.3) is 0 Å². The van der Waals surface area contributed by atoms with Crippen molar-refractivity contribution in [2.75, 3.05) is 13.7 Å². The van der Waals surface area contributed by atoms with Crippen LogP contribution in [0.15, 0.2) is 53.1 Å². The van der Waals surface area contributed by atoms with Crippen LogP contribution in [0.3, 0.4) is 0 Å². The molecule has 1 aliphatic heterocycles. The number of carbonyl (C=O) groups excluding carboxylic acids is 1. The van der Waals surface area contributed by atoms with Gasteiger partial charge in [-0.05, 0) is 42.2 Å². The summed E-state index contributed by atoms with van der Waals surface area (Å²) >= 11 is 0. The molecule has 6 nitrogen and oxygen atoms in total. The monoisotopic (exact) mass is 391 g/mol. The summed E-state index contributed by atoms with van der Waals surface area (Å²) < 4.78 is 10.6. The molecule has 4 rings (SSSR count). The standard InChI is InChI=1S/C23H25N3O3/c1-16-5-3-4-6-18(16)14-26-15-19(13-22(26)27)23-24-21(29-25-23)12-9-17-7-10-20(28-2)11-8-17/h3-8,10-11,19H,9,12-15H2,1-2H3. The molecule has 0 spiro atoms. The molecule has 1 aromatic heterocycles. The minimum absolute atomic E-state index is 0.00925. The Morgan fingerprint density at radius 3 is 2.69 bits per heavy atom. The Balaban J connectivity index is 1.35. The van der Waals surface area contributed by atoms with Crippen LogP contribution in [-0.2, 0) is 24.2 Å². The van der Waals surface area contributed by atoms with Gasteiger partial charge in [0.05, 0.1) is 7.11 Å². The molecule has 1 saturated heterocycles. The average Bonchev–Trinajstić information content (AvgIpc) is 3.35. The molecule has 6 heteroatoms. The van der Waals surface area contributed by atoms with Gasteiger partial charge in [0.2, 0.25) is 11.8 Å². The van der Waals surface area contributed by atoms with Crippen molar-refractivity contribution in [3.63, 3.8) is 0 Å². The normalized spacial score (nSPS) is 16.4. The summed E-state index contributed by atoms with van der Waals surface area (Å²) in [6.07, 6.45) is 1.92. The smallest absolute Gasteiger partial charge is 0.226 e. The molecular weight excluding hydrogens is 366 g/mol. The molecule has 150 valence electrons. The highest BCUT2D eigenvalue weighted by Crippen LogP contribution is 2.28. The number of hydrogen-bond acceptors (Lipinski definition) is 5. The summed E-state index contributed by atoms with van der Waals surface area (Å²) in [6.45, 7) is 3.33. The van der Waals surface area contributed by atoms with Gasteiger partial charge < -0.3 is 14.2 Å². The average molecular weight is 391 g/mol. The number of hydrogen-bond donors (Lipinski definition) is 0. The maximum Gasteiger partial charge on any atom is 0.226 e. The molecule has 2 heterocycles. The zero-order valence-electron chi connectivity index (χ0n) is 16.8. The summed E-state index contributed by atoms with van der Waals surface area (Å²) in [7, 11) is 1.66. The lowest BCUT2D eigenvalue weighted by Gasteiger charge is -2.17. The van der Waals surface area contributed by atoms with Gasteiger partial charge in [-0.3, -0.25) is 4.79 Å². The number of ether oxygens (including phenoxy) is 1. The third-order valence-electron chi connectivity index (χ3n) is 5.47. The second kappa shape index (κ2) is 8.47. The van der Waals surface area contributed by atoms with Gasteiger partial charge >= 0.3 is 0 Å². The summed E-state index contributed by atoms with van der Waals surface area (Å²) in [5.74, 6) is 2.22. The quantitative estimate of drug-likeness (QED) is 0.614. The van der Waals surface area contributed by atoms with E-state index in [-0.39, 0.29) is 11.8 Å². The van der Waals surface area contributed by atoms with E-state index in [2.05, 4.69) is 29.2 Å². The van der Waals surface area contributed by atoms with E-state index in [0.29, 0.717) is 37.6 Å². The largest absolute Gasteiger partial charge is 0.497 e. The van der Waals surface area contributed by atoms with Crippen LogP contribution < -0.4 is 4.74 Å². The van der Waals surface area contributed by atoms with E-state index in [1.165, 1.54) is 16.7 Å². The van der Waals surface area contributed by atoms with Crippen LogP contribution in [0, 0.1) is 6.92 Å². The molecule has 0 aliphatic carbocycles. The molecule has 0 radical (unpaired) electrons. The van der Waals surface area contributed by atoms with Crippen LogP contribution in [0.4, 0.5) is 0 Å². The molecule has 1 amide bonds. The van der Waals surface area contributed by atoms with Gasteiger partial charge in [0.1, 0.15) is 5.75 Å². The van der Waals surface area contributed by atoms with Crippen molar-refractivity contribution >= 4 is 5.91 Å². The Bertz CT molecular complexity index is 981. The number of nitrogens with zero attached hydrogens (tertiary/aromatic N) is 3. The number of benzene rings is 2. The summed E-state index contributed by atoms with van der Waals surface area (Å²) in [6, 6.07) is 16.1. The van der Waals surface area contributed by atoms with Crippen LogP contribution >= 0.6 is 0 Å². The highest BCUT2D eigenvalue weighted by atomic mass is 16.5. The molecule has 0 bridgehead atoms. The Hall–Kier alpha value is -3.15. The second-order valence-electron chi connectivity index (χ2n) is 7.50. The zero-order valence-corrected chi connectivity index (χ0v) is 16.8. The summed E-state index contributed by atoms with van der Waals surface area (Å²) in [5, 5.41) is 4.15. The number of aromatic nitrogens is 2. The lowest BCUT2D eigenvalue weighted by molar-refractivity contribution is -0.128. The van der Waals surface area contributed by atoms with Gasteiger partial charge in [-0.2, -0.15) is 4.98 Å². The molecule has 1 aliphatic rings. The Morgan fingerprint density at radius 2 is 1.93 bits per heavy atom. The topological polar surface area (TPSA) is 68.5 Å². The van der Waals surface area contributed by atoms with E-state index >= 15 is 0 Å². The van der Waals surface area contributed by atoms with Crippen molar-refractivity contribution in [3.8, 4) is 5.75 Å². The number of rotatable bonds is 7. The number of likely N-dealkylation sites (tertiary alicyclic amines) is 1. The van der Waals surface area contributed by atoms with Gasteiger partial charge in [-0.15, -0.1) is 0 Å². The third-order valence-corrected chi connectivity index (χ3v) is 5.47. The maximum atomic E-state index is 12.5. The van der Waals surface area contributed by atoms with E-state index in [4.69, 9.17) is 9.26 Å². The fourth-order valence-electron chi connectivity index (χ4n) is 3.67. The van der Waals surface area contributed by atoms with E-state index in [1.807, 2.05) is 41.3 Å². The van der Waals surface area contributed by atoms with Crippen molar-refractivity contribution in [2.45, 2.75) is 38.6 Å². The number of carbonyl (C=O) groups is 1. The fraction of sp³-hybridized carbons (Fsp3) is 0.348. The van der Waals surface area contributed by atoms with E-state index in [1.54, 1.807) is 7.11 Å². The zero-order chi connectivity index (χ0) is 20.2. The van der Waals surface area contributed by atoms with E-state index in [9.17, 15) is 4.79 Å². The first-order chi connectivity index (χ1) is 14.1. The molecule has 0 saturated carbocycles. The minimum Gasteiger partial charge on any atom is -0.497 e. The predicted octanol–water partition coefficient (Wildman–Crippen LogP) is 3.69. The lowest BCUT2D eigenvalue weighted by Crippen LogP contribution is -2.24. The Kier molecular flexibility index (Phi) is 5.60. The molecule has 1 fully saturated rings. The molecule has 3 aromatic rings. The molecule has 2 aromatic carbocycles. The van der Waals surface area contributed by atoms with Crippen molar-refractivity contribution in [2.24, 2.45) is 0 Å². The van der Waals surface area contributed by atoms with Crippen LogP contribution in [0.2, 0.25) is 0 Å². The van der Waals surface area contributed by atoms with Gasteiger partial charge in [0, 0.05) is 31.8 Å². The summed E-state index contributed by atoms with van der Waals surface area (Å²) in [5.41, 5.74) is 3.56. The van der Waals surface area contributed by atoms with Crippen LogP contribution in [0.1, 0.15) is 40.7 Å². The van der Waals surface area contributed by atoms with Gasteiger partial charge in [-0.25, -0.2) is 0 Å². The molecule has 0 N–H and O–H groups in total. The van der Waals surface area contributed by atoms with Crippen LogP contribution in [0.25, 0.3) is 0 Å². The van der Waals surface area contributed by atoms with Gasteiger partial charge in [-0.1, -0.05) is 41.6 Å². The first kappa shape index (κ1) is 19.2. The third kappa shape index (κ3) is 4.47. The van der Waals surface area contributed by atoms with Crippen molar-refractivity contribution in [3.05, 3.63) is 76.9 Å². The summed E-state index contributed by atoms with van der Waals surface area (Å²) in [4.78, 5) is 18.9. The maximum absolute atomic E-state index is 12.5. The fourth-order valence-corrected chi connectivity index (χ4v) is 3.67. The highest BCUT2D eigenvalue weighted by Gasteiger charge is 2.33. The molecule has 1 unspecified atom stereocenters. The molecular formula is C23H25N3O3.